The Morgan fingerprint density at radius 1 is 1.32 bits per heavy atom. The first-order valence-corrected chi connectivity index (χ1v) is 8.64. The largest absolute Gasteiger partial charge is 0.354 e. The van der Waals surface area contributed by atoms with Gasteiger partial charge in [0.25, 0.3) is 0 Å². The molecule has 0 saturated carbocycles. The molecule has 0 amide bonds. The third-order valence-electron chi connectivity index (χ3n) is 3.77. The zero-order valence-electron chi connectivity index (χ0n) is 15.4. The summed E-state index contributed by atoms with van der Waals surface area (Å²) < 4.78 is 2.07. The molecule has 0 atom stereocenters. The highest BCUT2D eigenvalue weighted by molar-refractivity contribution is 5.79. The monoisotopic (exact) mass is 340 g/mol. The van der Waals surface area contributed by atoms with Gasteiger partial charge in [-0.15, -0.1) is 10.2 Å². The van der Waals surface area contributed by atoms with Gasteiger partial charge in [0, 0.05) is 33.1 Å². The lowest BCUT2D eigenvalue weighted by molar-refractivity contribution is 0.471. The molecule has 0 aliphatic carbocycles. The average molecular weight is 340 g/mol. The zero-order valence-corrected chi connectivity index (χ0v) is 15.4. The molecule has 0 fully saturated rings. The van der Waals surface area contributed by atoms with Gasteiger partial charge in [-0.25, -0.2) is 4.99 Å². The summed E-state index contributed by atoms with van der Waals surface area (Å²) in [6.45, 7) is 11.0. The summed E-state index contributed by atoms with van der Waals surface area (Å²) in [5, 5.41) is 11.5. The van der Waals surface area contributed by atoms with Crippen molar-refractivity contribution in [1.82, 2.24) is 25.0 Å². The predicted molar refractivity (Wildman–Crippen MR) is 102 cm³/mol. The number of nitrogens with one attached hydrogen (secondary N) is 1. The van der Waals surface area contributed by atoms with Crippen molar-refractivity contribution in [3.05, 3.63) is 60.2 Å². The van der Waals surface area contributed by atoms with E-state index in [9.17, 15) is 0 Å². The Bertz CT molecular complexity index is 689. The summed E-state index contributed by atoms with van der Waals surface area (Å²) in [5.74, 6) is 1.87. The molecule has 1 aromatic heterocycles. The van der Waals surface area contributed by atoms with Crippen molar-refractivity contribution in [1.29, 1.82) is 0 Å². The Balaban J connectivity index is 1.97. The Morgan fingerprint density at radius 2 is 2.08 bits per heavy atom. The van der Waals surface area contributed by atoms with E-state index in [4.69, 9.17) is 0 Å². The van der Waals surface area contributed by atoms with Crippen LogP contribution in [0.1, 0.15) is 25.2 Å². The minimum atomic E-state index is 0.619. The van der Waals surface area contributed by atoms with E-state index < -0.39 is 0 Å². The molecule has 0 radical (unpaired) electrons. The third kappa shape index (κ3) is 6.06. The van der Waals surface area contributed by atoms with Crippen LogP contribution in [0.15, 0.2) is 53.8 Å². The van der Waals surface area contributed by atoms with Gasteiger partial charge in [-0.05, 0) is 12.5 Å². The molecule has 2 aromatic rings. The van der Waals surface area contributed by atoms with E-state index in [0.29, 0.717) is 6.54 Å². The van der Waals surface area contributed by atoms with Gasteiger partial charge in [-0.1, -0.05) is 49.4 Å². The SMILES string of the molecule is C=C(C)CN=C(NCCn1cnnc1CC)N(C)Cc1ccccc1. The maximum Gasteiger partial charge on any atom is 0.194 e. The number of hydrogen-bond acceptors (Lipinski definition) is 3. The fourth-order valence-corrected chi connectivity index (χ4v) is 2.48. The Hall–Kier alpha value is -2.63. The molecule has 6 heteroatoms. The van der Waals surface area contributed by atoms with Gasteiger partial charge >= 0.3 is 0 Å². The van der Waals surface area contributed by atoms with Gasteiger partial charge in [-0.3, -0.25) is 0 Å². The predicted octanol–water partition coefficient (Wildman–Crippen LogP) is 2.49. The first-order chi connectivity index (χ1) is 12.1. The molecule has 1 heterocycles. The molecular formula is C19H28N6. The average Bonchev–Trinajstić information content (AvgIpc) is 3.06. The van der Waals surface area contributed by atoms with Crippen molar-refractivity contribution < 1.29 is 0 Å². The highest BCUT2D eigenvalue weighted by atomic mass is 15.3. The molecule has 1 aromatic carbocycles. The first kappa shape index (κ1) is 18.7. The van der Waals surface area contributed by atoms with Crippen LogP contribution in [0.2, 0.25) is 0 Å². The van der Waals surface area contributed by atoms with Gasteiger partial charge in [0.15, 0.2) is 5.96 Å². The van der Waals surface area contributed by atoms with Gasteiger partial charge in [0.05, 0.1) is 6.54 Å². The second kappa shape index (κ2) is 9.61. The fourth-order valence-electron chi connectivity index (χ4n) is 2.48. The zero-order chi connectivity index (χ0) is 18.1. The second-order valence-corrected chi connectivity index (χ2v) is 6.16. The molecule has 0 saturated heterocycles. The smallest absolute Gasteiger partial charge is 0.194 e. The summed E-state index contributed by atoms with van der Waals surface area (Å²) in [5.41, 5.74) is 2.29. The standard InChI is InChI=1S/C19H28N6/c1-5-18-23-22-15-25(18)12-11-20-19(21-13-16(2)3)24(4)14-17-9-7-6-8-10-17/h6-10,15H,2,5,11-14H2,1,3-4H3,(H,20,21). The molecule has 25 heavy (non-hydrogen) atoms. The lowest BCUT2D eigenvalue weighted by Crippen LogP contribution is -2.40. The van der Waals surface area contributed by atoms with Gasteiger partial charge in [0.1, 0.15) is 12.2 Å². The van der Waals surface area contributed by atoms with Crippen LogP contribution >= 0.6 is 0 Å². The minimum Gasteiger partial charge on any atom is -0.354 e. The normalized spacial score (nSPS) is 11.4. The number of benzene rings is 1. The first-order valence-electron chi connectivity index (χ1n) is 8.64. The number of hydrogen-bond donors (Lipinski definition) is 1. The highest BCUT2D eigenvalue weighted by Gasteiger charge is 2.08. The van der Waals surface area contributed by atoms with Gasteiger partial charge in [0.2, 0.25) is 0 Å². The van der Waals surface area contributed by atoms with Gasteiger partial charge < -0.3 is 14.8 Å². The van der Waals surface area contributed by atoms with Crippen LogP contribution < -0.4 is 5.32 Å². The summed E-state index contributed by atoms with van der Waals surface area (Å²) in [6.07, 6.45) is 2.66. The summed E-state index contributed by atoms with van der Waals surface area (Å²) >= 11 is 0. The minimum absolute atomic E-state index is 0.619. The van der Waals surface area contributed by atoms with Crippen molar-refractivity contribution in [3.8, 4) is 0 Å². The molecule has 0 unspecified atom stereocenters. The van der Waals surface area contributed by atoms with Crippen molar-refractivity contribution in [2.45, 2.75) is 33.4 Å². The van der Waals surface area contributed by atoms with Crippen LogP contribution in [0, 0.1) is 0 Å². The van der Waals surface area contributed by atoms with Crippen LogP contribution in [0.4, 0.5) is 0 Å². The maximum absolute atomic E-state index is 4.67. The molecule has 0 aliphatic rings. The molecular weight excluding hydrogens is 312 g/mol. The third-order valence-corrected chi connectivity index (χ3v) is 3.77. The Labute approximate surface area is 150 Å². The lowest BCUT2D eigenvalue weighted by Gasteiger charge is -2.23. The van der Waals surface area contributed by atoms with Crippen LogP contribution in [0.5, 0.6) is 0 Å². The van der Waals surface area contributed by atoms with Crippen molar-refractivity contribution in [2.75, 3.05) is 20.1 Å². The van der Waals surface area contributed by atoms with Crippen LogP contribution in [-0.2, 0) is 19.5 Å². The molecule has 134 valence electrons. The van der Waals surface area contributed by atoms with E-state index in [-0.39, 0.29) is 0 Å². The topological polar surface area (TPSA) is 58.3 Å². The van der Waals surface area contributed by atoms with Crippen molar-refractivity contribution in [2.24, 2.45) is 4.99 Å². The number of aliphatic imine (C=N–C) groups is 1. The summed E-state index contributed by atoms with van der Waals surface area (Å²) in [6, 6.07) is 10.4. The van der Waals surface area contributed by atoms with E-state index in [2.05, 4.69) is 67.7 Å². The van der Waals surface area contributed by atoms with Crippen molar-refractivity contribution >= 4 is 5.96 Å². The van der Waals surface area contributed by atoms with E-state index in [1.807, 2.05) is 20.0 Å². The number of nitrogens with zero attached hydrogens (tertiary/aromatic N) is 5. The van der Waals surface area contributed by atoms with E-state index in [1.54, 1.807) is 6.33 Å². The van der Waals surface area contributed by atoms with Crippen molar-refractivity contribution in [3.63, 3.8) is 0 Å². The fraction of sp³-hybridized carbons (Fsp3) is 0.421. The maximum atomic E-state index is 4.67. The molecule has 0 aliphatic heterocycles. The highest BCUT2D eigenvalue weighted by Crippen LogP contribution is 2.03. The van der Waals surface area contributed by atoms with Crippen LogP contribution in [0.3, 0.4) is 0 Å². The van der Waals surface area contributed by atoms with E-state index in [0.717, 1.165) is 43.4 Å². The number of guanidine groups is 1. The number of aromatic nitrogens is 3. The summed E-state index contributed by atoms with van der Waals surface area (Å²) in [7, 11) is 2.05. The van der Waals surface area contributed by atoms with E-state index >= 15 is 0 Å². The van der Waals surface area contributed by atoms with Gasteiger partial charge in [-0.2, -0.15) is 0 Å². The second-order valence-electron chi connectivity index (χ2n) is 6.16. The number of aryl methyl sites for hydroxylation is 1. The molecule has 0 bridgehead atoms. The summed E-state index contributed by atoms with van der Waals surface area (Å²) in [4.78, 5) is 6.80. The molecule has 0 spiro atoms. The van der Waals surface area contributed by atoms with E-state index in [1.165, 1.54) is 5.56 Å². The quantitative estimate of drug-likeness (QED) is 0.456. The molecule has 6 nitrogen and oxygen atoms in total. The molecule has 1 N–H and O–H groups in total. The Kier molecular flexibility index (Phi) is 7.19. The lowest BCUT2D eigenvalue weighted by atomic mass is 10.2. The van der Waals surface area contributed by atoms with Crippen LogP contribution in [0.25, 0.3) is 0 Å². The Morgan fingerprint density at radius 3 is 2.76 bits per heavy atom. The molecule has 2 rings (SSSR count). The van der Waals surface area contributed by atoms with Crippen LogP contribution in [-0.4, -0.2) is 45.8 Å². The number of rotatable bonds is 8.